The van der Waals surface area contributed by atoms with E-state index in [1.165, 1.54) is 17.5 Å². The molecule has 0 aromatic heterocycles. The van der Waals surface area contributed by atoms with Gasteiger partial charge in [-0.05, 0) is 36.7 Å². The molecule has 0 radical (unpaired) electrons. The van der Waals surface area contributed by atoms with Crippen LogP contribution in [0.4, 0.5) is 0 Å². The molecule has 0 aliphatic rings. The molecular formula is C18H32N2O. The molecule has 1 aromatic rings. The van der Waals surface area contributed by atoms with Gasteiger partial charge >= 0.3 is 0 Å². The highest BCUT2D eigenvalue weighted by atomic mass is 16.5. The number of ether oxygens (including phenoxy) is 1. The molecule has 0 aliphatic carbocycles. The lowest BCUT2D eigenvalue weighted by atomic mass is 10.1. The van der Waals surface area contributed by atoms with E-state index in [2.05, 4.69) is 56.1 Å². The normalized spacial score (nSPS) is 12.7. The molecule has 0 aliphatic heterocycles. The molecule has 0 saturated carbocycles. The number of methoxy groups -OCH3 is 1. The van der Waals surface area contributed by atoms with Crippen molar-refractivity contribution in [3.8, 4) is 5.75 Å². The van der Waals surface area contributed by atoms with Gasteiger partial charge in [-0.1, -0.05) is 40.2 Å². The Morgan fingerprint density at radius 3 is 2.57 bits per heavy atom. The van der Waals surface area contributed by atoms with Crippen molar-refractivity contribution in [3.63, 3.8) is 0 Å². The van der Waals surface area contributed by atoms with E-state index in [1.807, 2.05) is 0 Å². The first-order valence-corrected chi connectivity index (χ1v) is 8.23. The van der Waals surface area contributed by atoms with Crippen LogP contribution in [0, 0.1) is 5.92 Å². The molecule has 0 saturated heterocycles. The van der Waals surface area contributed by atoms with Gasteiger partial charge in [-0.25, -0.2) is 0 Å². The Balaban J connectivity index is 2.81. The average molecular weight is 292 g/mol. The fourth-order valence-corrected chi connectivity index (χ4v) is 2.45. The number of hydrogen-bond donors (Lipinski definition) is 1. The summed E-state index contributed by atoms with van der Waals surface area (Å²) in [6, 6.07) is 6.52. The zero-order valence-electron chi connectivity index (χ0n) is 14.4. The van der Waals surface area contributed by atoms with Crippen LogP contribution in [0.15, 0.2) is 18.2 Å². The van der Waals surface area contributed by atoms with Crippen molar-refractivity contribution in [1.82, 2.24) is 10.2 Å². The molecule has 3 heteroatoms. The van der Waals surface area contributed by atoms with Crippen LogP contribution in [0.3, 0.4) is 0 Å². The van der Waals surface area contributed by atoms with E-state index >= 15 is 0 Å². The van der Waals surface area contributed by atoms with Crippen molar-refractivity contribution in [2.45, 2.75) is 47.2 Å². The fraction of sp³-hybridized carbons (Fsp3) is 0.667. The second kappa shape index (κ2) is 9.80. The van der Waals surface area contributed by atoms with Gasteiger partial charge < -0.3 is 10.1 Å². The van der Waals surface area contributed by atoms with E-state index in [4.69, 9.17) is 4.74 Å². The molecule has 0 spiro atoms. The van der Waals surface area contributed by atoms with Gasteiger partial charge in [0.05, 0.1) is 7.11 Å². The van der Waals surface area contributed by atoms with E-state index < -0.39 is 0 Å². The summed E-state index contributed by atoms with van der Waals surface area (Å²) in [5.74, 6) is 1.73. The maximum absolute atomic E-state index is 5.53. The highest BCUT2D eigenvalue weighted by molar-refractivity contribution is 5.37. The van der Waals surface area contributed by atoms with Crippen LogP contribution in [-0.2, 0) is 13.1 Å². The zero-order valence-corrected chi connectivity index (χ0v) is 14.4. The van der Waals surface area contributed by atoms with Gasteiger partial charge in [0.15, 0.2) is 0 Å². The lowest BCUT2D eigenvalue weighted by Crippen LogP contribution is -2.28. The molecule has 21 heavy (non-hydrogen) atoms. The first kappa shape index (κ1) is 18.0. The van der Waals surface area contributed by atoms with Gasteiger partial charge in [0.2, 0.25) is 0 Å². The lowest BCUT2D eigenvalue weighted by molar-refractivity contribution is 0.235. The zero-order chi connectivity index (χ0) is 15.7. The Hall–Kier alpha value is -1.06. The van der Waals surface area contributed by atoms with E-state index in [0.717, 1.165) is 44.4 Å². The highest BCUT2D eigenvalue weighted by Crippen LogP contribution is 2.22. The van der Waals surface area contributed by atoms with Crippen LogP contribution >= 0.6 is 0 Å². The summed E-state index contributed by atoms with van der Waals surface area (Å²) in [5, 5.41) is 3.38. The monoisotopic (exact) mass is 292 g/mol. The molecule has 0 heterocycles. The molecule has 1 unspecified atom stereocenters. The fourth-order valence-electron chi connectivity index (χ4n) is 2.45. The van der Waals surface area contributed by atoms with E-state index in [1.54, 1.807) is 7.11 Å². The molecule has 0 fully saturated rings. The Bertz CT molecular complexity index is 406. The van der Waals surface area contributed by atoms with Gasteiger partial charge in [-0.2, -0.15) is 0 Å². The van der Waals surface area contributed by atoms with Crippen molar-refractivity contribution in [1.29, 1.82) is 0 Å². The highest BCUT2D eigenvalue weighted by Gasteiger charge is 2.11. The summed E-state index contributed by atoms with van der Waals surface area (Å²) in [6.45, 7) is 14.0. The van der Waals surface area contributed by atoms with Crippen LogP contribution in [0.2, 0.25) is 0 Å². The molecule has 1 N–H and O–H groups in total. The summed E-state index contributed by atoms with van der Waals surface area (Å²) < 4.78 is 5.53. The van der Waals surface area contributed by atoms with Crippen LogP contribution in [0.1, 0.15) is 45.2 Å². The Morgan fingerprint density at radius 1 is 1.24 bits per heavy atom. The SMILES string of the molecule is CCNCc1ccc(OC)c(CN(CC)CC(C)CC)c1. The van der Waals surface area contributed by atoms with Crippen molar-refractivity contribution in [2.24, 2.45) is 5.92 Å². The minimum atomic E-state index is 0.737. The van der Waals surface area contributed by atoms with Crippen molar-refractivity contribution in [3.05, 3.63) is 29.3 Å². The molecule has 1 rings (SSSR count). The largest absolute Gasteiger partial charge is 0.496 e. The van der Waals surface area contributed by atoms with Gasteiger partial charge in [-0.15, -0.1) is 0 Å². The average Bonchev–Trinajstić information content (AvgIpc) is 2.52. The maximum atomic E-state index is 5.53. The quantitative estimate of drug-likeness (QED) is 0.712. The summed E-state index contributed by atoms with van der Waals surface area (Å²) in [6.07, 6.45) is 1.23. The van der Waals surface area contributed by atoms with Crippen LogP contribution < -0.4 is 10.1 Å². The van der Waals surface area contributed by atoms with Gasteiger partial charge in [0, 0.05) is 25.2 Å². The molecular weight excluding hydrogens is 260 g/mol. The Labute approximate surface area is 130 Å². The third-order valence-electron chi connectivity index (χ3n) is 4.03. The molecule has 1 atom stereocenters. The molecule has 120 valence electrons. The van der Waals surface area contributed by atoms with E-state index in [0.29, 0.717) is 0 Å². The van der Waals surface area contributed by atoms with Crippen LogP contribution in [0.5, 0.6) is 5.75 Å². The van der Waals surface area contributed by atoms with Crippen molar-refractivity contribution in [2.75, 3.05) is 26.7 Å². The predicted octanol–water partition coefficient (Wildman–Crippen LogP) is 3.67. The minimum Gasteiger partial charge on any atom is -0.496 e. The predicted molar refractivity (Wildman–Crippen MR) is 90.8 cm³/mol. The van der Waals surface area contributed by atoms with Crippen molar-refractivity contribution >= 4 is 0 Å². The molecule has 0 amide bonds. The van der Waals surface area contributed by atoms with E-state index in [-0.39, 0.29) is 0 Å². The van der Waals surface area contributed by atoms with Crippen LogP contribution in [0.25, 0.3) is 0 Å². The summed E-state index contributed by atoms with van der Waals surface area (Å²) in [7, 11) is 1.76. The molecule has 1 aromatic carbocycles. The Kier molecular flexibility index (Phi) is 8.40. The summed E-state index contributed by atoms with van der Waals surface area (Å²) in [5.41, 5.74) is 2.62. The van der Waals surface area contributed by atoms with Gasteiger partial charge in [0.1, 0.15) is 5.75 Å². The first-order chi connectivity index (χ1) is 10.1. The topological polar surface area (TPSA) is 24.5 Å². The van der Waals surface area contributed by atoms with Gasteiger partial charge in [0.25, 0.3) is 0 Å². The number of benzene rings is 1. The van der Waals surface area contributed by atoms with E-state index in [9.17, 15) is 0 Å². The number of hydrogen-bond acceptors (Lipinski definition) is 3. The Morgan fingerprint density at radius 2 is 2.00 bits per heavy atom. The smallest absolute Gasteiger partial charge is 0.123 e. The minimum absolute atomic E-state index is 0.737. The first-order valence-electron chi connectivity index (χ1n) is 8.23. The number of rotatable bonds is 10. The maximum Gasteiger partial charge on any atom is 0.123 e. The number of nitrogens with one attached hydrogen (secondary N) is 1. The summed E-state index contributed by atoms with van der Waals surface area (Å²) >= 11 is 0. The standard InChI is InChI=1S/C18H32N2O/c1-6-15(4)13-20(8-3)14-17-11-16(12-19-7-2)9-10-18(17)21-5/h9-11,15,19H,6-8,12-14H2,1-5H3. The van der Waals surface area contributed by atoms with Crippen LogP contribution in [-0.4, -0.2) is 31.6 Å². The number of nitrogens with zero attached hydrogens (tertiary/aromatic N) is 1. The third-order valence-corrected chi connectivity index (χ3v) is 4.03. The second-order valence-electron chi connectivity index (χ2n) is 5.77. The summed E-state index contributed by atoms with van der Waals surface area (Å²) in [4.78, 5) is 2.50. The van der Waals surface area contributed by atoms with Crippen molar-refractivity contribution < 1.29 is 4.74 Å². The van der Waals surface area contributed by atoms with Gasteiger partial charge in [-0.3, -0.25) is 4.90 Å². The molecule has 3 nitrogen and oxygen atoms in total. The third kappa shape index (κ3) is 6.06. The lowest BCUT2D eigenvalue weighted by Gasteiger charge is -2.25. The molecule has 0 bridgehead atoms. The second-order valence-corrected chi connectivity index (χ2v) is 5.77.